The number of amides is 1. The average molecular weight is 297 g/mol. The van der Waals surface area contributed by atoms with Crippen molar-refractivity contribution in [1.82, 2.24) is 0 Å². The second-order valence-electron chi connectivity index (χ2n) is 5.55. The van der Waals surface area contributed by atoms with Crippen molar-refractivity contribution < 1.29 is 9.53 Å². The van der Waals surface area contributed by atoms with E-state index in [-0.39, 0.29) is 12.5 Å². The minimum Gasteiger partial charge on any atom is -0.484 e. The van der Waals surface area contributed by atoms with E-state index in [4.69, 9.17) is 4.74 Å². The van der Waals surface area contributed by atoms with Crippen molar-refractivity contribution in [2.24, 2.45) is 0 Å². The maximum atomic E-state index is 12.1. The standard InChI is InChI=1S/C19H23NO2/c1-4-15(3)17-10-5-6-11-18(17)20-19(21)13-22-16-9-7-8-14(2)12-16/h5-12,15H,4,13H2,1-3H3,(H,20,21)/t15-/m0/s1. The van der Waals surface area contributed by atoms with Crippen LogP contribution < -0.4 is 10.1 Å². The van der Waals surface area contributed by atoms with Gasteiger partial charge in [-0.1, -0.05) is 44.2 Å². The summed E-state index contributed by atoms with van der Waals surface area (Å²) in [4.78, 5) is 12.1. The fourth-order valence-electron chi connectivity index (χ4n) is 2.30. The number of aryl methyl sites for hydroxylation is 1. The molecule has 0 heterocycles. The van der Waals surface area contributed by atoms with Gasteiger partial charge in [-0.3, -0.25) is 4.79 Å². The van der Waals surface area contributed by atoms with Gasteiger partial charge >= 0.3 is 0 Å². The van der Waals surface area contributed by atoms with Crippen LogP contribution in [0, 0.1) is 6.92 Å². The smallest absolute Gasteiger partial charge is 0.262 e. The molecule has 0 saturated carbocycles. The molecule has 0 aliphatic rings. The highest BCUT2D eigenvalue weighted by Crippen LogP contribution is 2.26. The van der Waals surface area contributed by atoms with Crippen molar-refractivity contribution in [3.63, 3.8) is 0 Å². The third kappa shape index (κ3) is 4.35. The molecule has 0 aliphatic heterocycles. The van der Waals surface area contributed by atoms with Gasteiger partial charge in [0.1, 0.15) is 5.75 Å². The number of nitrogens with one attached hydrogen (secondary N) is 1. The van der Waals surface area contributed by atoms with E-state index in [9.17, 15) is 4.79 Å². The van der Waals surface area contributed by atoms with Crippen molar-refractivity contribution in [2.75, 3.05) is 11.9 Å². The van der Waals surface area contributed by atoms with Gasteiger partial charge in [0.25, 0.3) is 5.91 Å². The predicted molar refractivity (Wildman–Crippen MR) is 90.5 cm³/mol. The summed E-state index contributed by atoms with van der Waals surface area (Å²) in [6.07, 6.45) is 1.03. The number of hydrogen-bond acceptors (Lipinski definition) is 2. The molecule has 0 fully saturated rings. The van der Waals surface area contributed by atoms with Gasteiger partial charge in [-0.15, -0.1) is 0 Å². The topological polar surface area (TPSA) is 38.3 Å². The summed E-state index contributed by atoms with van der Waals surface area (Å²) in [5, 5.41) is 2.95. The molecule has 2 aromatic carbocycles. The summed E-state index contributed by atoms with van der Waals surface area (Å²) in [6, 6.07) is 15.6. The van der Waals surface area contributed by atoms with E-state index < -0.39 is 0 Å². The van der Waals surface area contributed by atoms with E-state index in [2.05, 4.69) is 25.2 Å². The predicted octanol–water partition coefficient (Wildman–Crippen LogP) is 4.53. The summed E-state index contributed by atoms with van der Waals surface area (Å²) in [5.41, 5.74) is 3.14. The molecule has 1 atom stereocenters. The van der Waals surface area contributed by atoms with Gasteiger partial charge in [-0.2, -0.15) is 0 Å². The molecule has 1 amide bonds. The van der Waals surface area contributed by atoms with Crippen LogP contribution >= 0.6 is 0 Å². The van der Waals surface area contributed by atoms with Crippen LogP contribution in [-0.4, -0.2) is 12.5 Å². The largest absolute Gasteiger partial charge is 0.484 e. The highest BCUT2D eigenvalue weighted by atomic mass is 16.5. The lowest BCUT2D eigenvalue weighted by molar-refractivity contribution is -0.118. The van der Waals surface area contributed by atoms with Crippen LogP contribution in [0.4, 0.5) is 5.69 Å². The van der Waals surface area contributed by atoms with E-state index in [0.717, 1.165) is 23.2 Å². The molecule has 2 aromatic rings. The van der Waals surface area contributed by atoms with Crippen LogP contribution in [0.3, 0.4) is 0 Å². The lowest BCUT2D eigenvalue weighted by Crippen LogP contribution is -2.21. The number of benzene rings is 2. The van der Waals surface area contributed by atoms with Gasteiger partial charge in [0, 0.05) is 5.69 Å². The van der Waals surface area contributed by atoms with E-state index in [1.165, 1.54) is 0 Å². The van der Waals surface area contributed by atoms with E-state index >= 15 is 0 Å². The molecule has 116 valence electrons. The fourth-order valence-corrected chi connectivity index (χ4v) is 2.30. The molecule has 0 saturated heterocycles. The lowest BCUT2D eigenvalue weighted by Gasteiger charge is -2.15. The first kappa shape index (κ1) is 16.1. The second-order valence-corrected chi connectivity index (χ2v) is 5.55. The van der Waals surface area contributed by atoms with Crippen LogP contribution in [0.2, 0.25) is 0 Å². The highest BCUT2D eigenvalue weighted by Gasteiger charge is 2.11. The number of hydrogen-bond donors (Lipinski definition) is 1. The minimum atomic E-state index is -0.141. The Hall–Kier alpha value is -2.29. The van der Waals surface area contributed by atoms with Gasteiger partial charge in [0.15, 0.2) is 6.61 Å². The molecule has 0 spiro atoms. The Morgan fingerprint density at radius 3 is 2.68 bits per heavy atom. The molecule has 3 heteroatoms. The van der Waals surface area contributed by atoms with Crippen molar-refractivity contribution in [2.45, 2.75) is 33.1 Å². The van der Waals surface area contributed by atoms with Crippen LogP contribution in [0.5, 0.6) is 5.75 Å². The number of rotatable bonds is 6. The highest BCUT2D eigenvalue weighted by molar-refractivity contribution is 5.92. The molecule has 22 heavy (non-hydrogen) atoms. The Morgan fingerprint density at radius 1 is 1.18 bits per heavy atom. The van der Waals surface area contributed by atoms with E-state index in [1.54, 1.807) is 0 Å². The third-order valence-electron chi connectivity index (χ3n) is 3.74. The first-order valence-corrected chi connectivity index (χ1v) is 7.68. The fraction of sp³-hybridized carbons (Fsp3) is 0.316. The third-order valence-corrected chi connectivity index (χ3v) is 3.74. The minimum absolute atomic E-state index is 0.0122. The molecule has 0 radical (unpaired) electrons. The van der Waals surface area contributed by atoms with Gasteiger partial charge in [0.05, 0.1) is 0 Å². The Kier molecular flexibility index (Phi) is 5.59. The monoisotopic (exact) mass is 297 g/mol. The van der Waals surface area contributed by atoms with Crippen molar-refractivity contribution in [3.8, 4) is 5.75 Å². The second kappa shape index (κ2) is 7.64. The number of carbonyl (C=O) groups excluding carboxylic acids is 1. The van der Waals surface area contributed by atoms with Crippen LogP contribution in [-0.2, 0) is 4.79 Å². The molecule has 2 rings (SSSR count). The molecular weight excluding hydrogens is 274 g/mol. The zero-order valence-electron chi connectivity index (χ0n) is 13.4. The van der Waals surface area contributed by atoms with Crippen molar-refractivity contribution >= 4 is 11.6 Å². The summed E-state index contributed by atoms with van der Waals surface area (Å²) in [6.45, 7) is 6.31. The molecule has 0 aliphatic carbocycles. The number of para-hydroxylation sites is 1. The van der Waals surface area contributed by atoms with Crippen LogP contribution in [0.15, 0.2) is 48.5 Å². The van der Waals surface area contributed by atoms with E-state index in [1.807, 2.05) is 49.4 Å². The van der Waals surface area contributed by atoms with Crippen LogP contribution in [0.25, 0.3) is 0 Å². The van der Waals surface area contributed by atoms with Gasteiger partial charge in [-0.05, 0) is 48.6 Å². The average Bonchev–Trinajstić information content (AvgIpc) is 2.53. The first-order chi connectivity index (χ1) is 10.6. The summed E-state index contributed by atoms with van der Waals surface area (Å²) < 4.78 is 5.54. The molecule has 1 N–H and O–H groups in total. The summed E-state index contributed by atoms with van der Waals surface area (Å²) >= 11 is 0. The number of anilines is 1. The summed E-state index contributed by atoms with van der Waals surface area (Å²) in [7, 11) is 0. The molecule has 3 nitrogen and oxygen atoms in total. The first-order valence-electron chi connectivity index (χ1n) is 7.68. The van der Waals surface area contributed by atoms with Crippen LogP contribution in [0.1, 0.15) is 37.3 Å². The maximum Gasteiger partial charge on any atom is 0.262 e. The Balaban J connectivity index is 1.98. The number of carbonyl (C=O) groups is 1. The van der Waals surface area contributed by atoms with Gasteiger partial charge in [0.2, 0.25) is 0 Å². The molecular formula is C19H23NO2. The molecule has 0 bridgehead atoms. The Bertz CT molecular complexity index is 637. The Morgan fingerprint density at radius 2 is 1.95 bits per heavy atom. The van der Waals surface area contributed by atoms with Crippen molar-refractivity contribution in [3.05, 3.63) is 59.7 Å². The Labute approximate surface area is 132 Å². The normalized spacial score (nSPS) is 11.8. The van der Waals surface area contributed by atoms with Gasteiger partial charge in [-0.25, -0.2) is 0 Å². The number of ether oxygens (including phenoxy) is 1. The quantitative estimate of drug-likeness (QED) is 0.851. The van der Waals surface area contributed by atoms with Gasteiger partial charge < -0.3 is 10.1 Å². The molecule has 0 aromatic heterocycles. The SMILES string of the molecule is CC[C@H](C)c1ccccc1NC(=O)COc1cccc(C)c1. The molecule has 0 unspecified atom stereocenters. The summed E-state index contributed by atoms with van der Waals surface area (Å²) in [5.74, 6) is 0.983. The zero-order chi connectivity index (χ0) is 15.9. The van der Waals surface area contributed by atoms with E-state index in [0.29, 0.717) is 11.7 Å². The maximum absolute atomic E-state index is 12.1. The zero-order valence-corrected chi connectivity index (χ0v) is 13.4. The lowest BCUT2D eigenvalue weighted by atomic mass is 9.97. The van der Waals surface area contributed by atoms with Crippen molar-refractivity contribution in [1.29, 1.82) is 0 Å².